The summed E-state index contributed by atoms with van der Waals surface area (Å²) in [5, 5.41) is 11.1. The monoisotopic (exact) mass is 179 g/mol. The van der Waals surface area contributed by atoms with E-state index >= 15 is 0 Å². The van der Waals surface area contributed by atoms with Crippen molar-refractivity contribution in [1.29, 1.82) is 0 Å². The van der Waals surface area contributed by atoms with Crippen LogP contribution in [0.15, 0.2) is 5.16 Å². The fourth-order valence-corrected chi connectivity index (χ4v) is 0.698. The van der Waals surface area contributed by atoms with E-state index in [1.807, 2.05) is 0 Å². The minimum Gasteiger partial charge on any atom is -0.411 e. The summed E-state index contributed by atoms with van der Waals surface area (Å²) >= 11 is 2.96. The molecule has 0 aliphatic rings. The highest BCUT2D eigenvalue weighted by Crippen LogP contribution is 1.86. The van der Waals surface area contributed by atoms with Crippen molar-refractivity contribution in [3.63, 3.8) is 0 Å². The highest BCUT2D eigenvalue weighted by Gasteiger charge is 2.01. The number of carbonyl (C=O) groups is 1. The summed E-state index contributed by atoms with van der Waals surface area (Å²) in [7, 11) is 0. The zero-order chi connectivity index (χ0) is 6.57. The predicted octanol–water partition coefficient (Wildman–Crippen LogP) is 0.800. The standard InChI is InChI=1S/C4H6BrNO2/c1-3(7)4(2-5)6-8/h8H,2H2,1H3/b6-4+. The molecule has 0 radical (unpaired) electrons. The third-order valence-electron chi connectivity index (χ3n) is 0.654. The van der Waals surface area contributed by atoms with Crippen LogP contribution in [0, 0.1) is 0 Å². The van der Waals surface area contributed by atoms with Crippen molar-refractivity contribution < 1.29 is 10.0 Å². The molecule has 0 rings (SSSR count). The number of alkyl halides is 1. The molecule has 0 heterocycles. The van der Waals surface area contributed by atoms with Gasteiger partial charge in [0, 0.05) is 6.92 Å². The van der Waals surface area contributed by atoms with Crippen molar-refractivity contribution in [3.8, 4) is 0 Å². The maximum atomic E-state index is 10.3. The Balaban J connectivity index is 3.92. The number of rotatable bonds is 2. The minimum atomic E-state index is -0.218. The number of hydrogen-bond donors (Lipinski definition) is 1. The topological polar surface area (TPSA) is 49.7 Å². The summed E-state index contributed by atoms with van der Waals surface area (Å²) in [4.78, 5) is 10.3. The number of halogens is 1. The van der Waals surface area contributed by atoms with Crippen LogP contribution in [0.2, 0.25) is 0 Å². The molecule has 3 nitrogen and oxygen atoms in total. The van der Waals surface area contributed by atoms with E-state index in [4.69, 9.17) is 5.21 Å². The predicted molar refractivity (Wildman–Crippen MR) is 33.7 cm³/mol. The number of nitrogens with zero attached hydrogens (tertiary/aromatic N) is 1. The first-order valence-corrected chi connectivity index (χ1v) is 3.12. The third-order valence-corrected chi connectivity index (χ3v) is 1.18. The molecule has 0 amide bonds. The van der Waals surface area contributed by atoms with Crippen molar-refractivity contribution >= 4 is 27.4 Å². The largest absolute Gasteiger partial charge is 0.411 e. The van der Waals surface area contributed by atoms with Gasteiger partial charge in [0.15, 0.2) is 5.78 Å². The molecule has 0 aliphatic carbocycles. The van der Waals surface area contributed by atoms with E-state index < -0.39 is 0 Å². The first-order chi connectivity index (χ1) is 3.72. The van der Waals surface area contributed by atoms with Gasteiger partial charge in [-0.1, -0.05) is 21.1 Å². The van der Waals surface area contributed by atoms with Crippen LogP contribution in [0.4, 0.5) is 0 Å². The molecule has 0 bridgehead atoms. The van der Waals surface area contributed by atoms with Gasteiger partial charge in [-0.25, -0.2) is 0 Å². The minimum absolute atomic E-state index is 0.144. The van der Waals surface area contributed by atoms with Crippen LogP contribution < -0.4 is 0 Å². The van der Waals surface area contributed by atoms with Gasteiger partial charge in [0.1, 0.15) is 5.71 Å². The van der Waals surface area contributed by atoms with E-state index in [0.29, 0.717) is 5.33 Å². The second-order valence-corrected chi connectivity index (χ2v) is 1.80. The summed E-state index contributed by atoms with van der Waals surface area (Å²) in [6.45, 7) is 1.34. The molecule has 4 heteroatoms. The Bertz CT molecular complexity index is 121. The van der Waals surface area contributed by atoms with E-state index in [1.165, 1.54) is 6.92 Å². The van der Waals surface area contributed by atoms with Gasteiger partial charge in [-0.2, -0.15) is 0 Å². The van der Waals surface area contributed by atoms with Crippen LogP contribution in [0.3, 0.4) is 0 Å². The summed E-state index contributed by atoms with van der Waals surface area (Å²) in [6.07, 6.45) is 0. The average Bonchev–Trinajstić information content (AvgIpc) is 1.69. The van der Waals surface area contributed by atoms with Gasteiger partial charge >= 0.3 is 0 Å². The van der Waals surface area contributed by atoms with Crippen molar-refractivity contribution in [2.45, 2.75) is 6.92 Å². The Labute approximate surface area is 55.5 Å². The lowest BCUT2D eigenvalue weighted by Gasteiger charge is -1.88. The normalized spacial score (nSPS) is 11.5. The Kier molecular flexibility index (Phi) is 3.43. The second kappa shape index (κ2) is 3.60. The second-order valence-electron chi connectivity index (χ2n) is 1.24. The van der Waals surface area contributed by atoms with E-state index in [-0.39, 0.29) is 11.5 Å². The number of carbonyl (C=O) groups excluding carboxylic acids is 1. The molecule has 0 saturated heterocycles. The van der Waals surface area contributed by atoms with Crippen LogP contribution >= 0.6 is 15.9 Å². The molecule has 0 atom stereocenters. The molecule has 0 unspecified atom stereocenters. The quantitative estimate of drug-likeness (QED) is 0.295. The van der Waals surface area contributed by atoms with Crippen molar-refractivity contribution in [3.05, 3.63) is 0 Å². The first-order valence-electron chi connectivity index (χ1n) is 2.00. The number of Topliss-reactive ketones (excluding diaryl/α,β-unsaturated/α-hetero) is 1. The number of hydrogen-bond acceptors (Lipinski definition) is 3. The molecule has 0 fully saturated rings. The SMILES string of the molecule is CC(=O)/C(CBr)=N/O. The van der Waals surface area contributed by atoms with Gasteiger partial charge in [0.05, 0.1) is 5.33 Å². The molecule has 0 aromatic rings. The van der Waals surface area contributed by atoms with Gasteiger partial charge in [-0.05, 0) is 0 Å². The van der Waals surface area contributed by atoms with Crippen LogP contribution in [-0.2, 0) is 4.79 Å². The Morgan fingerprint density at radius 3 is 2.38 bits per heavy atom. The summed E-state index contributed by atoms with van der Waals surface area (Å²) < 4.78 is 0. The molecule has 0 aromatic heterocycles. The smallest absolute Gasteiger partial charge is 0.178 e. The van der Waals surface area contributed by atoms with Gasteiger partial charge in [0.25, 0.3) is 0 Å². The average molecular weight is 180 g/mol. The Morgan fingerprint density at radius 2 is 2.38 bits per heavy atom. The zero-order valence-electron chi connectivity index (χ0n) is 4.39. The maximum Gasteiger partial charge on any atom is 0.178 e. The molecule has 46 valence electrons. The van der Waals surface area contributed by atoms with Crippen molar-refractivity contribution in [2.24, 2.45) is 5.16 Å². The van der Waals surface area contributed by atoms with E-state index in [2.05, 4.69) is 21.1 Å². The van der Waals surface area contributed by atoms with Gasteiger partial charge in [-0.3, -0.25) is 4.79 Å². The van der Waals surface area contributed by atoms with Crippen LogP contribution in [-0.4, -0.2) is 22.0 Å². The van der Waals surface area contributed by atoms with Gasteiger partial charge < -0.3 is 5.21 Å². The van der Waals surface area contributed by atoms with E-state index in [9.17, 15) is 4.79 Å². The zero-order valence-corrected chi connectivity index (χ0v) is 5.97. The van der Waals surface area contributed by atoms with Crippen molar-refractivity contribution in [2.75, 3.05) is 5.33 Å². The fourth-order valence-electron chi connectivity index (χ4n) is 0.191. The van der Waals surface area contributed by atoms with Crippen LogP contribution in [0.1, 0.15) is 6.92 Å². The molecule has 0 aromatic carbocycles. The third kappa shape index (κ3) is 2.07. The van der Waals surface area contributed by atoms with E-state index in [1.54, 1.807) is 0 Å². The first kappa shape index (κ1) is 7.62. The number of oxime groups is 1. The molecule has 0 spiro atoms. The van der Waals surface area contributed by atoms with E-state index in [0.717, 1.165) is 0 Å². The Morgan fingerprint density at radius 1 is 1.88 bits per heavy atom. The maximum absolute atomic E-state index is 10.3. The lowest BCUT2D eigenvalue weighted by Crippen LogP contribution is -2.10. The van der Waals surface area contributed by atoms with Crippen LogP contribution in [0.5, 0.6) is 0 Å². The van der Waals surface area contributed by atoms with Crippen molar-refractivity contribution in [1.82, 2.24) is 0 Å². The highest BCUT2D eigenvalue weighted by atomic mass is 79.9. The molecule has 8 heavy (non-hydrogen) atoms. The van der Waals surface area contributed by atoms with Gasteiger partial charge in [0.2, 0.25) is 0 Å². The molecule has 0 saturated carbocycles. The number of ketones is 1. The van der Waals surface area contributed by atoms with Gasteiger partial charge in [-0.15, -0.1) is 0 Å². The van der Waals surface area contributed by atoms with Crippen LogP contribution in [0.25, 0.3) is 0 Å². The lowest BCUT2D eigenvalue weighted by atomic mass is 10.3. The molecular weight excluding hydrogens is 174 g/mol. The summed E-state index contributed by atoms with van der Waals surface area (Å²) in [6, 6.07) is 0. The Hall–Kier alpha value is -0.380. The fraction of sp³-hybridized carbons (Fsp3) is 0.500. The molecule has 0 aliphatic heterocycles. The molecular formula is C4H6BrNO2. The summed E-state index contributed by atoms with van der Waals surface area (Å²) in [5.41, 5.74) is 0.144. The molecule has 1 N–H and O–H groups in total. The lowest BCUT2D eigenvalue weighted by molar-refractivity contribution is -0.111. The summed E-state index contributed by atoms with van der Waals surface area (Å²) in [5.74, 6) is -0.218. The highest BCUT2D eigenvalue weighted by molar-refractivity contribution is 9.09.